The fraction of sp³-hybridized carbons (Fsp3) is 0.556. The maximum absolute atomic E-state index is 14.3. The van der Waals surface area contributed by atoms with Crippen molar-refractivity contribution in [3.05, 3.63) is 42.0 Å². The molecular weight excluding hydrogens is 471 g/mol. The molecule has 9 nitrogen and oxygen atoms in total. The lowest BCUT2D eigenvalue weighted by atomic mass is 10.0. The van der Waals surface area contributed by atoms with Gasteiger partial charge in [-0.3, -0.25) is 4.90 Å². The molecule has 4 rings (SSSR count). The number of benzene rings is 1. The SMILES string of the molecule is COC(CCn1cnc2c(N)ncnc21)CN(CCCCc1nc2cc(F)c(C(C)C)cc2[nH]1)C(C)C. The molecule has 200 valence electrons. The fourth-order valence-electron chi connectivity index (χ4n) is 4.72. The number of halogens is 1. The molecule has 0 radical (unpaired) electrons. The van der Waals surface area contributed by atoms with Gasteiger partial charge in [0.15, 0.2) is 11.5 Å². The Morgan fingerprint density at radius 1 is 1.14 bits per heavy atom. The predicted molar refractivity (Wildman–Crippen MR) is 145 cm³/mol. The van der Waals surface area contributed by atoms with Crippen LogP contribution in [0.15, 0.2) is 24.8 Å². The molecule has 0 spiro atoms. The third-order valence-electron chi connectivity index (χ3n) is 7.00. The zero-order valence-corrected chi connectivity index (χ0v) is 22.5. The summed E-state index contributed by atoms with van der Waals surface area (Å²) in [6.07, 6.45) is 7.03. The molecule has 0 aliphatic carbocycles. The van der Waals surface area contributed by atoms with E-state index in [0.717, 1.165) is 67.9 Å². The number of aryl methyl sites for hydroxylation is 2. The number of unbranched alkanes of at least 4 members (excludes halogenated alkanes) is 1. The number of anilines is 1. The number of nitrogen functional groups attached to an aromatic ring is 1. The van der Waals surface area contributed by atoms with Gasteiger partial charge < -0.3 is 20.0 Å². The van der Waals surface area contributed by atoms with Gasteiger partial charge in [-0.15, -0.1) is 0 Å². The van der Waals surface area contributed by atoms with Gasteiger partial charge in [0.1, 0.15) is 23.5 Å². The highest BCUT2D eigenvalue weighted by molar-refractivity contribution is 5.81. The van der Waals surface area contributed by atoms with Crippen LogP contribution in [0.3, 0.4) is 0 Å². The first-order valence-electron chi connectivity index (χ1n) is 13.1. The van der Waals surface area contributed by atoms with Crippen molar-refractivity contribution >= 4 is 28.0 Å². The van der Waals surface area contributed by atoms with E-state index < -0.39 is 0 Å². The molecule has 3 heterocycles. The molecule has 3 aromatic heterocycles. The molecule has 1 atom stereocenters. The average Bonchev–Trinajstić information content (AvgIpc) is 3.46. The van der Waals surface area contributed by atoms with Crippen LogP contribution in [0.2, 0.25) is 0 Å². The summed E-state index contributed by atoms with van der Waals surface area (Å²) < 4.78 is 22.2. The summed E-state index contributed by atoms with van der Waals surface area (Å²) in [6.45, 7) is 11.0. The molecule has 0 fully saturated rings. The smallest absolute Gasteiger partial charge is 0.165 e. The van der Waals surface area contributed by atoms with Crippen molar-refractivity contribution < 1.29 is 9.13 Å². The summed E-state index contributed by atoms with van der Waals surface area (Å²) >= 11 is 0. The van der Waals surface area contributed by atoms with E-state index in [2.05, 4.69) is 43.7 Å². The summed E-state index contributed by atoms with van der Waals surface area (Å²) in [5.74, 6) is 1.27. The van der Waals surface area contributed by atoms with E-state index in [4.69, 9.17) is 10.5 Å². The lowest BCUT2D eigenvalue weighted by molar-refractivity contribution is 0.0447. The molecule has 1 unspecified atom stereocenters. The van der Waals surface area contributed by atoms with Crippen LogP contribution < -0.4 is 5.73 Å². The third-order valence-corrected chi connectivity index (χ3v) is 7.00. The molecule has 0 bridgehead atoms. The van der Waals surface area contributed by atoms with Gasteiger partial charge in [-0.25, -0.2) is 24.3 Å². The third kappa shape index (κ3) is 6.42. The number of nitrogens with two attached hydrogens (primary N) is 1. The zero-order chi connectivity index (χ0) is 26.5. The van der Waals surface area contributed by atoms with Gasteiger partial charge in [-0.1, -0.05) is 13.8 Å². The Balaban J connectivity index is 1.28. The van der Waals surface area contributed by atoms with E-state index in [1.807, 2.05) is 24.5 Å². The number of H-pyrrole nitrogens is 1. The molecule has 37 heavy (non-hydrogen) atoms. The second-order valence-electron chi connectivity index (χ2n) is 10.3. The monoisotopic (exact) mass is 510 g/mol. The van der Waals surface area contributed by atoms with Crippen molar-refractivity contribution in [2.45, 2.75) is 78.0 Å². The number of imidazole rings is 2. The molecule has 0 saturated heterocycles. The summed E-state index contributed by atoms with van der Waals surface area (Å²) in [5.41, 5.74) is 9.62. The fourth-order valence-corrected chi connectivity index (χ4v) is 4.72. The van der Waals surface area contributed by atoms with E-state index >= 15 is 0 Å². The van der Waals surface area contributed by atoms with Gasteiger partial charge in [-0.2, -0.15) is 0 Å². The Labute approximate surface area is 217 Å². The molecule has 0 saturated carbocycles. The first kappa shape index (κ1) is 26.9. The second-order valence-corrected chi connectivity index (χ2v) is 10.3. The number of methoxy groups -OCH3 is 1. The predicted octanol–water partition coefficient (Wildman–Crippen LogP) is 4.69. The van der Waals surface area contributed by atoms with E-state index in [9.17, 15) is 4.39 Å². The minimum Gasteiger partial charge on any atom is -0.382 e. The van der Waals surface area contributed by atoms with Crippen LogP contribution in [-0.2, 0) is 17.7 Å². The van der Waals surface area contributed by atoms with Crippen LogP contribution in [0, 0.1) is 5.82 Å². The highest BCUT2D eigenvalue weighted by atomic mass is 19.1. The van der Waals surface area contributed by atoms with Crippen LogP contribution in [-0.4, -0.2) is 66.7 Å². The Kier molecular flexibility index (Phi) is 8.71. The quantitative estimate of drug-likeness (QED) is 0.251. The summed E-state index contributed by atoms with van der Waals surface area (Å²) in [7, 11) is 1.77. The van der Waals surface area contributed by atoms with Crippen molar-refractivity contribution in [2.75, 3.05) is 25.9 Å². The van der Waals surface area contributed by atoms with Crippen molar-refractivity contribution in [3.8, 4) is 0 Å². The summed E-state index contributed by atoms with van der Waals surface area (Å²) in [6, 6.07) is 3.85. The Morgan fingerprint density at radius 2 is 1.95 bits per heavy atom. The van der Waals surface area contributed by atoms with Crippen molar-refractivity contribution in [2.24, 2.45) is 0 Å². The van der Waals surface area contributed by atoms with Gasteiger partial charge in [0, 0.05) is 38.7 Å². The first-order valence-corrected chi connectivity index (χ1v) is 13.1. The van der Waals surface area contributed by atoms with Gasteiger partial charge in [0.2, 0.25) is 0 Å². The zero-order valence-electron chi connectivity index (χ0n) is 22.5. The number of aromatic amines is 1. The molecule has 0 amide bonds. The Morgan fingerprint density at radius 3 is 2.68 bits per heavy atom. The van der Waals surface area contributed by atoms with Crippen molar-refractivity contribution in [3.63, 3.8) is 0 Å². The van der Waals surface area contributed by atoms with Crippen molar-refractivity contribution in [1.82, 2.24) is 34.4 Å². The molecule has 0 aliphatic heterocycles. The Bertz CT molecular complexity index is 1310. The topological polar surface area (TPSA) is 111 Å². The minimum absolute atomic E-state index is 0.0828. The molecule has 3 N–H and O–H groups in total. The normalized spacial score (nSPS) is 13.1. The van der Waals surface area contributed by atoms with Gasteiger partial charge in [0.25, 0.3) is 0 Å². The number of hydrogen-bond acceptors (Lipinski definition) is 7. The molecule has 4 aromatic rings. The number of fused-ring (bicyclic) bond motifs is 2. The number of hydrogen-bond donors (Lipinski definition) is 2. The van der Waals surface area contributed by atoms with Crippen LogP contribution in [0.4, 0.5) is 10.2 Å². The van der Waals surface area contributed by atoms with E-state index in [0.29, 0.717) is 22.9 Å². The number of nitrogens with zero attached hydrogens (tertiary/aromatic N) is 6. The van der Waals surface area contributed by atoms with Gasteiger partial charge in [-0.05, 0) is 57.2 Å². The lowest BCUT2D eigenvalue weighted by Crippen LogP contribution is -2.39. The maximum Gasteiger partial charge on any atom is 0.165 e. The van der Waals surface area contributed by atoms with Crippen LogP contribution in [0.1, 0.15) is 64.3 Å². The molecular formula is C27H39FN8O. The molecule has 10 heteroatoms. The Hall–Kier alpha value is -3.11. The first-order chi connectivity index (χ1) is 17.8. The molecule has 1 aromatic carbocycles. The summed E-state index contributed by atoms with van der Waals surface area (Å²) in [4.78, 5) is 23.1. The number of rotatable bonds is 13. The van der Waals surface area contributed by atoms with Gasteiger partial charge >= 0.3 is 0 Å². The van der Waals surface area contributed by atoms with Crippen molar-refractivity contribution in [1.29, 1.82) is 0 Å². The lowest BCUT2D eigenvalue weighted by Gasteiger charge is -2.30. The second kappa shape index (κ2) is 12.0. The van der Waals surface area contributed by atoms with E-state index in [-0.39, 0.29) is 17.8 Å². The number of nitrogens with one attached hydrogen (secondary N) is 1. The van der Waals surface area contributed by atoms with E-state index in [1.165, 1.54) is 6.33 Å². The highest BCUT2D eigenvalue weighted by Crippen LogP contribution is 2.24. The number of ether oxygens (including phenoxy) is 1. The summed E-state index contributed by atoms with van der Waals surface area (Å²) in [5, 5.41) is 0. The highest BCUT2D eigenvalue weighted by Gasteiger charge is 2.18. The maximum atomic E-state index is 14.3. The largest absolute Gasteiger partial charge is 0.382 e. The standard InChI is InChI=1S/C27H39FN8O/c1-17(2)20-12-22-23(13-21(20)28)34-24(33-22)8-6-7-10-35(18(3)4)14-19(37-5)9-11-36-16-32-25-26(29)30-15-31-27(25)36/h12-13,15-19H,6-11,14H2,1-5H3,(H,33,34)(H2,29,30,31). The minimum atomic E-state index is -0.181. The van der Waals surface area contributed by atoms with Crippen LogP contribution in [0.5, 0.6) is 0 Å². The van der Waals surface area contributed by atoms with Gasteiger partial charge in [0.05, 0.1) is 23.5 Å². The van der Waals surface area contributed by atoms with Crippen LogP contribution >= 0.6 is 0 Å². The average molecular weight is 511 g/mol. The van der Waals surface area contributed by atoms with Crippen LogP contribution in [0.25, 0.3) is 22.2 Å². The van der Waals surface area contributed by atoms with E-state index in [1.54, 1.807) is 19.5 Å². The number of aromatic nitrogens is 6. The molecule has 0 aliphatic rings.